The molecular weight excluding hydrogens is 306 g/mol. The molecule has 0 saturated heterocycles. The summed E-state index contributed by atoms with van der Waals surface area (Å²) in [6.45, 7) is 0.189. The van der Waals surface area contributed by atoms with E-state index in [1.165, 1.54) is 10.6 Å². The zero-order valence-corrected chi connectivity index (χ0v) is 13.2. The Hall–Kier alpha value is -3.28. The summed E-state index contributed by atoms with van der Waals surface area (Å²) in [5.74, 6) is 0.766. The third-order valence-corrected chi connectivity index (χ3v) is 3.73. The molecule has 0 aliphatic carbocycles. The van der Waals surface area contributed by atoms with E-state index < -0.39 is 11.2 Å². The molecule has 1 aromatic heterocycles. The zero-order valence-electron chi connectivity index (χ0n) is 13.2. The van der Waals surface area contributed by atoms with Crippen LogP contribution in [0.3, 0.4) is 0 Å². The number of rotatable bonds is 4. The lowest BCUT2D eigenvalue weighted by Crippen LogP contribution is -2.40. The monoisotopic (exact) mass is 323 g/mol. The van der Waals surface area contributed by atoms with Crippen LogP contribution in [0.5, 0.6) is 5.75 Å². The minimum Gasteiger partial charge on any atom is -0.497 e. The Balaban J connectivity index is 2.12. The van der Waals surface area contributed by atoms with Gasteiger partial charge in [-0.25, -0.2) is 9.36 Å². The highest BCUT2D eigenvalue weighted by molar-refractivity contribution is 5.44. The van der Waals surface area contributed by atoms with Crippen molar-refractivity contribution in [3.8, 4) is 11.4 Å². The number of nitrogens with zero attached hydrogens (tertiary/aromatic N) is 2. The molecule has 0 radical (unpaired) electrons. The van der Waals surface area contributed by atoms with Crippen molar-refractivity contribution in [1.82, 2.24) is 9.13 Å². The Morgan fingerprint density at radius 2 is 1.67 bits per heavy atom. The second-order valence-corrected chi connectivity index (χ2v) is 5.30. The van der Waals surface area contributed by atoms with E-state index in [1.54, 1.807) is 31.4 Å². The molecule has 0 spiro atoms. The highest BCUT2D eigenvalue weighted by Gasteiger charge is 2.11. The van der Waals surface area contributed by atoms with E-state index in [0.717, 1.165) is 10.1 Å². The van der Waals surface area contributed by atoms with Crippen molar-refractivity contribution in [2.45, 2.75) is 6.54 Å². The fraction of sp³-hybridized carbons (Fsp3) is 0.111. The lowest BCUT2D eigenvalue weighted by molar-refractivity contribution is 0.414. The van der Waals surface area contributed by atoms with Crippen LogP contribution < -0.4 is 21.7 Å². The predicted octanol–water partition coefficient (Wildman–Crippen LogP) is 1.64. The molecule has 2 N–H and O–H groups in total. The van der Waals surface area contributed by atoms with Gasteiger partial charge in [-0.05, 0) is 29.8 Å². The van der Waals surface area contributed by atoms with Crippen molar-refractivity contribution < 1.29 is 4.74 Å². The van der Waals surface area contributed by atoms with E-state index in [1.807, 2.05) is 30.3 Å². The van der Waals surface area contributed by atoms with Gasteiger partial charge in [0.25, 0.3) is 5.56 Å². The standard InChI is InChI=1S/C18H17N3O3/c1-24-15-9-7-14(8-10-15)21-16(19)11-17(22)20(18(21)23)12-13-5-3-2-4-6-13/h2-11H,12,19H2,1H3. The summed E-state index contributed by atoms with van der Waals surface area (Å²) in [5, 5.41) is 0. The molecule has 0 amide bonds. The number of hydrogen-bond donors (Lipinski definition) is 1. The Labute approximate surface area is 138 Å². The van der Waals surface area contributed by atoms with E-state index in [-0.39, 0.29) is 12.4 Å². The Morgan fingerprint density at radius 1 is 1.00 bits per heavy atom. The first-order chi connectivity index (χ1) is 11.6. The van der Waals surface area contributed by atoms with Crippen LogP contribution in [-0.4, -0.2) is 16.2 Å². The smallest absolute Gasteiger partial charge is 0.337 e. The summed E-state index contributed by atoms with van der Waals surface area (Å²) in [5.41, 5.74) is 6.44. The molecule has 3 aromatic rings. The third kappa shape index (κ3) is 2.94. The SMILES string of the molecule is COc1ccc(-n2c(N)cc(=O)n(Cc3ccccc3)c2=O)cc1. The predicted molar refractivity (Wildman–Crippen MR) is 92.8 cm³/mol. The van der Waals surface area contributed by atoms with Gasteiger partial charge in [0.15, 0.2) is 0 Å². The molecule has 2 aromatic carbocycles. The van der Waals surface area contributed by atoms with Crippen LogP contribution in [0.25, 0.3) is 5.69 Å². The van der Waals surface area contributed by atoms with Gasteiger partial charge in [0.1, 0.15) is 11.6 Å². The number of hydrogen-bond acceptors (Lipinski definition) is 4. The number of anilines is 1. The van der Waals surface area contributed by atoms with E-state index in [9.17, 15) is 9.59 Å². The lowest BCUT2D eigenvalue weighted by atomic mass is 10.2. The highest BCUT2D eigenvalue weighted by Crippen LogP contribution is 2.15. The molecule has 0 fully saturated rings. The molecule has 0 aliphatic heterocycles. The van der Waals surface area contributed by atoms with E-state index >= 15 is 0 Å². The molecular formula is C18H17N3O3. The van der Waals surface area contributed by atoms with Crippen LogP contribution in [-0.2, 0) is 6.54 Å². The molecule has 0 atom stereocenters. The minimum absolute atomic E-state index is 0.0967. The molecule has 0 aliphatic rings. The first-order valence-electron chi connectivity index (χ1n) is 7.41. The Kier molecular flexibility index (Phi) is 4.20. The molecule has 24 heavy (non-hydrogen) atoms. The first-order valence-corrected chi connectivity index (χ1v) is 7.41. The average Bonchev–Trinajstić information content (AvgIpc) is 2.60. The molecule has 3 rings (SSSR count). The van der Waals surface area contributed by atoms with Gasteiger partial charge in [0.05, 0.1) is 19.3 Å². The van der Waals surface area contributed by atoms with Crippen LogP contribution in [0.1, 0.15) is 5.56 Å². The molecule has 0 bridgehead atoms. The van der Waals surface area contributed by atoms with Crippen molar-refractivity contribution >= 4 is 5.82 Å². The summed E-state index contributed by atoms with van der Waals surface area (Å²) in [4.78, 5) is 25.0. The lowest BCUT2D eigenvalue weighted by Gasteiger charge is -2.13. The number of ether oxygens (including phenoxy) is 1. The van der Waals surface area contributed by atoms with Crippen LogP contribution in [0.15, 0.2) is 70.3 Å². The fourth-order valence-corrected chi connectivity index (χ4v) is 2.50. The molecule has 0 unspecified atom stereocenters. The number of nitrogen functional groups attached to an aromatic ring is 1. The van der Waals surface area contributed by atoms with Crippen molar-refractivity contribution in [1.29, 1.82) is 0 Å². The molecule has 6 heteroatoms. The zero-order chi connectivity index (χ0) is 17.1. The summed E-state index contributed by atoms with van der Waals surface area (Å²) >= 11 is 0. The molecule has 0 saturated carbocycles. The van der Waals surface area contributed by atoms with Gasteiger partial charge in [0, 0.05) is 6.07 Å². The molecule has 6 nitrogen and oxygen atoms in total. The second-order valence-electron chi connectivity index (χ2n) is 5.30. The van der Waals surface area contributed by atoms with Crippen molar-refractivity contribution in [3.05, 3.63) is 87.1 Å². The minimum atomic E-state index is -0.478. The van der Waals surface area contributed by atoms with Gasteiger partial charge in [-0.1, -0.05) is 30.3 Å². The molecule has 1 heterocycles. The fourth-order valence-electron chi connectivity index (χ4n) is 2.50. The highest BCUT2D eigenvalue weighted by atomic mass is 16.5. The summed E-state index contributed by atoms with van der Waals surface area (Å²) < 4.78 is 7.59. The van der Waals surface area contributed by atoms with Gasteiger partial charge in [-0.3, -0.25) is 9.36 Å². The number of aromatic nitrogens is 2. The summed E-state index contributed by atoms with van der Waals surface area (Å²) in [6.07, 6.45) is 0. The topological polar surface area (TPSA) is 79.2 Å². The quantitative estimate of drug-likeness (QED) is 0.791. The Morgan fingerprint density at radius 3 is 2.29 bits per heavy atom. The van der Waals surface area contributed by atoms with Crippen LogP contribution in [0, 0.1) is 0 Å². The Bertz CT molecular complexity index is 958. The van der Waals surface area contributed by atoms with Crippen molar-refractivity contribution in [3.63, 3.8) is 0 Å². The molecule has 122 valence electrons. The van der Waals surface area contributed by atoms with E-state index in [0.29, 0.717) is 11.4 Å². The normalized spacial score (nSPS) is 10.5. The van der Waals surface area contributed by atoms with Gasteiger partial charge in [-0.15, -0.1) is 0 Å². The van der Waals surface area contributed by atoms with Crippen molar-refractivity contribution in [2.75, 3.05) is 12.8 Å². The van der Waals surface area contributed by atoms with Gasteiger partial charge < -0.3 is 10.5 Å². The average molecular weight is 323 g/mol. The van der Waals surface area contributed by atoms with E-state index in [4.69, 9.17) is 10.5 Å². The van der Waals surface area contributed by atoms with Gasteiger partial charge in [0.2, 0.25) is 0 Å². The van der Waals surface area contributed by atoms with Crippen LogP contribution >= 0.6 is 0 Å². The third-order valence-electron chi connectivity index (χ3n) is 3.73. The maximum atomic E-state index is 12.8. The first kappa shape index (κ1) is 15.6. The number of benzene rings is 2. The second kappa shape index (κ2) is 6.45. The van der Waals surface area contributed by atoms with Gasteiger partial charge >= 0.3 is 5.69 Å². The van der Waals surface area contributed by atoms with Gasteiger partial charge in [-0.2, -0.15) is 0 Å². The van der Waals surface area contributed by atoms with Crippen LogP contribution in [0.4, 0.5) is 5.82 Å². The van der Waals surface area contributed by atoms with E-state index in [2.05, 4.69) is 0 Å². The maximum Gasteiger partial charge on any atom is 0.337 e. The summed E-state index contributed by atoms with van der Waals surface area (Å²) in [6, 6.07) is 17.5. The summed E-state index contributed by atoms with van der Waals surface area (Å²) in [7, 11) is 1.57. The van der Waals surface area contributed by atoms with Crippen LogP contribution in [0.2, 0.25) is 0 Å². The number of nitrogens with two attached hydrogens (primary N) is 1. The largest absolute Gasteiger partial charge is 0.497 e. The van der Waals surface area contributed by atoms with Crippen molar-refractivity contribution in [2.24, 2.45) is 0 Å². The number of methoxy groups -OCH3 is 1. The maximum absolute atomic E-state index is 12.8.